The van der Waals surface area contributed by atoms with Crippen LogP contribution in [0.1, 0.15) is 37.8 Å². The quantitative estimate of drug-likeness (QED) is 0.824. The predicted molar refractivity (Wildman–Crippen MR) is 68.7 cm³/mol. The fourth-order valence-electron chi connectivity index (χ4n) is 2.15. The molecule has 0 spiro atoms. The molecule has 90 valence electrons. The van der Waals surface area contributed by atoms with Crippen LogP contribution in [-0.4, -0.2) is 23.1 Å². The maximum absolute atomic E-state index is 9.78. The number of aryl methyl sites for hydroxylation is 1. The van der Waals surface area contributed by atoms with Gasteiger partial charge in [-0.15, -0.1) is 0 Å². The average Bonchev–Trinajstić information content (AvgIpc) is 2.25. The smallest absolute Gasteiger partial charge is 0.120 e. The summed E-state index contributed by atoms with van der Waals surface area (Å²) in [4.78, 5) is 2.31. The van der Waals surface area contributed by atoms with E-state index in [2.05, 4.69) is 38.8 Å². The molecule has 0 aliphatic rings. The molecule has 0 saturated carbocycles. The molecule has 1 rings (SSSR count). The molecule has 2 nitrogen and oxygen atoms in total. The number of aromatic hydroxyl groups is 1. The van der Waals surface area contributed by atoms with Gasteiger partial charge in [-0.25, -0.2) is 0 Å². The van der Waals surface area contributed by atoms with Crippen LogP contribution >= 0.6 is 0 Å². The van der Waals surface area contributed by atoms with Crippen molar-refractivity contribution in [3.8, 4) is 5.75 Å². The van der Waals surface area contributed by atoms with E-state index in [0.717, 1.165) is 24.9 Å². The molecule has 0 amide bonds. The van der Waals surface area contributed by atoms with Crippen LogP contribution in [0.25, 0.3) is 0 Å². The van der Waals surface area contributed by atoms with Crippen molar-refractivity contribution < 1.29 is 5.11 Å². The van der Waals surface area contributed by atoms with Gasteiger partial charge in [0, 0.05) is 18.2 Å². The van der Waals surface area contributed by atoms with Crippen LogP contribution in [0.5, 0.6) is 5.75 Å². The Hall–Kier alpha value is -1.02. The number of benzene rings is 1. The normalized spacial score (nSPS) is 11.4. The third kappa shape index (κ3) is 3.24. The van der Waals surface area contributed by atoms with E-state index in [-0.39, 0.29) is 0 Å². The van der Waals surface area contributed by atoms with E-state index >= 15 is 0 Å². The fourth-order valence-corrected chi connectivity index (χ4v) is 2.15. The third-order valence-corrected chi connectivity index (χ3v) is 3.22. The number of hydrogen-bond acceptors (Lipinski definition) is 2. The molecular formula is C14H23NO. The summed E-state index contributed by atoms with van der Waals surface area (Å²) < 4.78 is 0. The first-order valence-electron chi connectivity index (χ1n) is 6.07. The van der Waals surface area contributed by atoms with E-state index in [4.69, 9.17) is 0 Å². The SMILES string of the molecule is CCC(CC)N(C)Cc1cc(C)ccc1O. The van der Waals surface area contributed by atoms with Gasteiger partial charge in [0.05, 0.1) is 0 Å². The molecule has 1 aromatic rings. The zero-order chi connectivity index (χ0) is 12.1. The highest BCUT2D eigenvalue weighted by Crippen LogP contribution is 2.21. The average molecular weight is 221 g/mol. The second kappa shape index (κ2) is 5.90. The van der Waals surface area contributed by atoms with Crippen molar-refractivity contribution in [2.24, 2.45) is 0 Å². The summed E-state index contributed by atoms with van der Waals surface area (Å²) in [6.07, 6.45) is 2.30. The molecule has 16 heavy (non-hydrogen) atoms. The molecule has 0 atom stereocenters. The fraction of sp³-hybridized carbons (Fsp3) is 0.571. The lowest BCUT2D eigenvalue weighted by molar-refractivity contribution is 0.219. The van der Waals surface area contributed by atoms with Gasteiger partial charge >= 0.3 is 0 Å². The molecule has 0 unspecified atom stereocenters. The minimum atomic E-state index is 0.406. The Morgan fingerprint density at radius 3 is 2.44 bits per heavy atom. The lowest BCUT2D eigenvalue weighted by atomic mass is 10.1. The monoisotopic (exact) mass is 221 g/mol. The summed E-state index contributed by atoms with van der Waals surface area (Å²) in [7, 11) is 2.12. The van der Waals surface area contributed by atoms with Gasteiger partial charge < -0.3 is 5.11 Å². The van der Waals surface area contributed by atoms with Gasteiger partial charge in [0.25, 0.3) is 0 Å². The molecule has 0 fully saturated rings. The Labute approximate surface area is 98.9 Å². The van der Waals surface area contributed by atoms with Crippen molar-refractivity contribution in [3.63, 3.8) is 0 Å². The topological polar surface area (TPSA) is 23.5 Å². The summed E-state index contributed by atoms with van der Waals surface area (Å²) in [6.45, 7) is 7.29. The van der Waals surface area contributed by atoms with Crippen LogP contribution in [0.4, 0.5) is 0 Å². The van der Waals surface area contributed by atoms with E-state index in [9.17, 15) is 5.11 Å². The highest BCUT2D eigenvalue weighted by atomic mass is 16.3. The Bertz CT molecular complexity index is 332. The minimum Gasteiger partial charge on any atom is -0.508 e. The van der Waals surface area contributed by atoms with Crippen molar-refractivity contribution in [2.75, 3.05) is 7.05 Å². The number of hydrogen-bond donors (Lipinski definition) is 1. The van der Waals surface area contributed by atoms with Crippen molar-refractivity contribution in [1.29, 1.82) is 0 Å². The Morgan fingerprint density at radius 2 is 1.88 bits per heavy atom. The van der Waals surface area contributed by atoms with Crippen molar-refractivity contribution >= 4 is 0 Å². The summed E-state index contributed by atoms with van der Waals surface area (Å²) in [5.74, 6) is 0.406. The van der Waals surface area contributed by atoms with E-state index in [1.165, 1.54) is 5.56 Å². The minimum absolute atomic E-state index is 0.406. The predicted octanol–water partition coefficient (Wildman–Crippen LogP) is 3.32. The Morgan fingerprint density at radius 1 is 1.25 bits per heavy atom. The number of nitrogens with zero attached hydrogens (tertiary/aromatic N) is 1. The van der Waals surface area contributed by atoms with Gasteiger partial charge in [0.2, 0.25) is 0 Å². The van der Waals surface area contributed by atoms with Gasteiger partial charge in [-0.2, -0.15) is 0 Å². The highest BCUT2D eigenvalue weighted by Gasteiger charge is 2.12. The molecule has 0 aliphatic carbocycles. The zero-order valence-corrected chi connectivity index (χ0v) is 10.8. The molecule has 1 N–H and O–H groups in total. The van der Waals surface area contributed by atoms with Crippen molar-refractivity contribution in [3.05, 3.63) is 29.3 Å². The maximum atomic E-state index is 9.78. The zero-order valence-electron chi connectivity index (χ0n) is 10.8. The molecule has 2 heteroatoms. The van der Waals surface area contributed by atoms with Crippen LogP contribution in [0.3, 0.4) is 0 Å². The van der Waals surface area contributed by atoms with Crippen molar-refractivity contribution in [1.82, 2.24) is 4.90 Å². The largest absolute Gasteiger partial charge is 0.508 e. The van der Waals surface area contributed by atoms with E-state index in [1.807, 2.05) is 6.07 Å². The Kier molecular flexibility index (Phi) is 4.81. The van der Waals surface area contributed by atoms with Gasteiger partial charge in [0.15, 0.2) is 0 Å². The Balaban J connectivity index is 2.75. The van der Waals surface area contributed by atoms with Gasteiger partial charge in [-0.1, -0.05) is 31.5 Å². The second-order valence-corrected chi connectivity index (χ2v) is 4.52. The molecule has 0 bridgehead atoms. The molecule has 0 heterocycles. The standard InChI is InChI=1S/C14H23NO/c1-5-13(6-2)15(4)10-12-9-11(3)7-8-14(12)16/h7-9,13,16H,5-6,10H2,1-4H3. The first-order valence-corrected chi connectivity index (χ1v) is 6.07. The van der Waals surface area contributed by atoms with E-state index in [0.29, 0.717) is 11.8 Å². The van der Waals surface area contributed by atoms with E-state index < -0.39 is 0 Å². The van der Waals surface area contributed by atoms with Gasteiger partial charge in [0.1, 0.15) is 5.75 Å². The summed E-state index contributed by atoms with van der Waals surface area (Å²) in [5.41, 5.74) is 2.22. The molecular weight excluding hydrogens is 198 g/mol. The first-order chi connectivity index (χ1) is 7.58. The second-order valence-electron chi connectivity index (χ2n) is 4.52. The lowest BCUT2D eigenvalue weighted by Gasteiger charge is -2.26. The van der Waals surface area contributed by atoms with E-state index in [1.54, 1.807) is 6.07 Å². The summed E-state index contributed by atoms with van der Waals surface area (Å²) >= 11 is 0. The highest BCUT2D eigenvalue weighted by molar-refractivity contribution is 5.35. The summed E-state index contributed by atoms with van der Waals surface area (Å²) in [6, 6.07) is 6.38. The summed E-state index contributed by atoms with van der Waals surface area (Å²) in [5, 5.41) is 9.78. The molecule has 0 saturated heterocycles. The molecule has 0 radical (unpaired) electrons. The first kappa shape index (κ1) is 13.0. The molecule has 0 aromatic heterocycles. The third-order valence-electron chi connectivity index (χ3n) is 3.22. The number of rotatable bonds is 5. The van der Waals surface area contributed by atoms with Crippen LogP contribution in [-0.2, 0) is 6.54 Å². The van der Waals surface area contributed by atoms with Crippen LogP contribution in [0.15, 0.2) is 18.2 Å². The molecule has 0 aliphatic heterocycles. The van der Waals surface area contributed by atoms with Gasteiger partial charge in [-0.3, -0.25) is 4.90 Å². The van der Waals surface area contributed by atoms with Crippen molar-refractivity contribution in [2.45, 2.75) is 46.2 Å². The van der Waals surface area contributed by atoms with Crippen LogP contribution in [0, 0.1) is 6.92 Å². The van der Waals surface area contributed by atoms with Gasteiger partial charge in [-0.05, 0) is 32.9 Å². The number of phenols is 1. The van der Waals surface area contributed by atoms with Crippen LogP contribution < -0.4 is 0 Å². The van der Waals surface area contributed by atoms with Crippen LogP contribution in [0.2, 0.25) is 0 Å². The molecule has 1 aromatic carbocycles. The number of phenolic OH excluding ortho intramolecular Hbond substituents is 1. The maximum Gasteiger partial charge on any atom is 0.120 e. The lowest BCUT2D eigenvalue weighted by Crippen LogP contribution is -2.30.